The van der Waals surface area contributed by atoms with E-state index in [0.29, 0.717) is 0 Å². The number of hydrogen-bond donors (Lipinski definition) is 0. The summed E-state index contributed by atoms with van der Waals surface area (Å²) in [7, 11) is 0. The van der Waals surface area contributed by atoms with Gasteiger partial charge >= 0.3 is 0 Å². The third kappa shape index (κ3) is 1.44. The van der Waals surface area contributed by atoms with Gasteiger partial charge in [-0.25, -0.2) is 0 Å². The van der Waals surface area contributed by atoms with Crippen LogP contribution in [0.4, 0.5) is 0 Å². The molecule has 0 spiro atoms. The summed E-state index contributed by atoms with van der Waals surface area (Å²) in [5.74, 6) is 0.739. The van der Waals surface area contributed by atoms with E-state index < -0.39 is 0 Å². The third-order valence-corrected chi connectivity index (χ3v) is 1.61. The van der Waals surface area contributed by atoms with Gasteiger partial charge in [-0.3, -0.25) is 0 Å². The zero-order valence-electron chi connectivity index (χ0n) is 6.44. The first kappa shape index (κ1) is 6.60. The zero-order chi connectivity index (χ0) is 6.85. The standard InChI is InChI=1S/C9H14/c1-4-5-8-6-9(8)7(2)3/h5-7H,4H2,1-3H3. The second kappa shape index (κ2) is 2.38. The molecule has 0 saturated heterocycles. The molecular formula is C9H14. The fourth-order valence-electron chi connectivity index (χ4n) is 1.03. The first-order chi connectivity index (χ1) is 4.25. The van der Waals surface area contributed by atoms with Crippen molar-refractivity contribution in [1.29, 1.82) is 0 Å². The highest BCUT2D eigenvalue weighted by molar-refractivity contribution is 5.57. The maximum atomic E-state index is 2.29. The van der Waals surface area contributed by atoms with Crippen molar-refractivity contribution in [2.75, 3.05) is 0 Å². The molecule has 0 saturated carbocycles. The van der Waals surface area contributed by atoms with Gasteiger partial charge in [0.1, 0.15) is 0 Å². The lowest BCUT2D eigenvalue weighted by molar-refractivity contribution is 0.810. The highest BCUT2D eigenvalue weighted by Crippen LogP contribution is 2.34. The first-order valence-corrected chi connectivity index (χ1v) is 3.67. The summed E-state index contributed by atoms with van der Waals surface area (Å²) in [6.45, 7) is 6.65. The molecule has 0 heterocycles. The molecule has 0 aromatic carbocycles. The Bertz CT molecular complexity index is 159. The van der Waals surface area contributed by atoms with Crippen molar-refractivity contribution in [3.8, 4) is 0 Å². The fraction of sp³-hybridized carbons (Fsp3) is 0.556. The Balaban J connectivity index is 2.39. The van der Waals surface area contributed by atoms with Crippen molar-refractivity contribution in [1.82, 2.24) is 0 Å². The van der Waals surface area contributed by atoms with Crippen molar-refractivity contribution in [2.45, 2.75) is 27.2 Å². The van der Waals surface area contributed by atoms with Gasteiger partial charge in [0.2, 0.25) is 0 Å². The molecule has 9 heavy (non-hydrogen) atoms. The average Bonchev–Trinajstić information content (AvgIpc) is 2.47. The van der Waals surface area contributed by atoms with Crippen LogP contribution in [0.1, 0.15) is 27.2 Å². The molecule has 1 rings (SSSR count). The van der Waals surface area contributed by atoms with Gasteiger partial charge in [-0.05, 0) is 23.5 Å². The third-order valence-electron chi connectivity index (χ3n) is 1.61. The molecule has 0 heteroatoms. The van der Waals surface area contributed by atoms with Gasteiger partial charge in [0, 0.05) is 0 Å². The molecule has 0 N–H and O–H groups in total. The van der Waals surface area contributed by atoms with Gasteiger partial charge < -0.3 is 0 Å². The average molecular weight is 122 g/mol. The van der Waals surface area contributed by atoms with Gasteiger partial charge in [0.15, 0.2) is 0 Å². The van der Waals surface area contributed by atoms with Crippen LogP contribution in [0.25, 0.3) is 0 Å². The number of allylic oxidation sites excluding steroid dienone is 4. The molecule has 0 bridgehead atoms. The SMILES string of the molecule is CCC=C1C=C1C(C)C. The molecule has 1 aliphatic rings. The molecule has 0 fully saturated rings. The normalized spacial score (nSPS) is 20.9. The van der Waals surface area contributed by atoms with E-state index in [4.69, 9.17) is 0 Å². The monoisotopic (exact) mass is 122 g/mol. The molecule has 0 aromatic rings. The molecule has 50 valence electrons. The lowest BCUT2D eigenvalue weighted by Crippen LogP contribution is -1.80. The topological polar surface area (TPSA) is 0 Å². The van der Waals surface area contributed by atoms with E-state index in [1.54, 1.807) is 5.57 Å². The summed E-state index contributed by atoms with van der Waals surface area (Å²) in [6.07, 6.45) is 5.73. The van der Waals surface area contributed by atoms with Crippen LogP contribution in [0.3, 0.4) is 0 Å². The van der Waals surface area contributed by atoms with Crippen LogP contribution in [0.2, 0.25) is 0 Å². The summed E-state index contributed by atoms with van der Waals surface area (Å²) in [6, 6.07) is 0. The molecule has 0 unspecified atom stereocenters. The molecule has 0 nitrogen and oxygen atoms in total. The molecule has 1 aliphatic carbocycles. The molecule has 0 radical (unpaired) electrons. The maximum absolute atomic E-state index is 2.29. The van der Waals surface area contributed by atoms with Gasteiger partial charge in [0.05, 0.1) is 0 Å². The molecule has 0 aliphatic heterocycles. The predicted octanol–water partition coefficient (Wildman–Crippen LogP) is 2.92. The van der Waals surface area contributed by atoms with E-state index in [0.717, 1.165) is 5.92 Å². The molecule has 0 atom stereocenters. The van der Waals surface area contributed by atoms with Gasteiger partial charge in [-0.2, -0.15) is 0 Å². The molecule has 0 aromatic heterocycles. The van der Waals surface area contributed by atoms with E-state index in [9.17, 15) is 0 Å². The lowest BCUT2D eigenvalue weighted by Gasteiger charge is -1.93. The zero-order valence-corrected chi connectivity index (χ0v) is 6.44. The van der Waals surface area contributed by atoms with Crippen LogP contribution < -0.4 is 0 Å². The lowest BCUT2D eigenvalue weighted by atomic mass is 10.1. The van der Waals surface area contributed by atoms with E-state index in [1.807, 2.05) is 0 Å². The fourth-order valence-corrected chi connectivity index (χ4v) is 1.03. The minimum absolute atomic E-state index is 0.739. The van der Waals surface area contributed by atoms with E-state index in [-0.39, 0.29) is 0 Å². The summed E-state index contributed by atoms with van der Waals surface area (Å²) < 4.78 is 0. The summed E-state index contributed by atoms with van der Waals surface area (Å²) in [5.41, 5.74) is 3.05. The highest BCUT2D eigenvalue weighted by atomic mass is 14.2. The van der Waals surface area contributed by atoms with Crippen LogP contribution in [0.5, 0.6) is 0 Å². The van der Waals surface area contributed by atoms with Crippen molar-refractivity contribution >= 4 is 0 Å². The van der Waals surface area contributed by atoms with Gasteiger partial charge in [0.25, 0.3) is 0 Å². The molecule has 0 amide bonds. The van der Waals surface area contributed by atoms with E-state index in [2.05, 4.69) is 32.9 Å². The Morgan fingerprint density at radius 3 is 2.56 bits per heavy atom. The van der Waals surface area contributed by atoms with Crippen LogP contribution in [-0.4, -0.2) is 0 Å². The van der Waals surface area contributed by atoms with Crippen molar-refractivity contribution < 1.29 is 0 Å². The van der Waals surface area contributed by atoms with Crippen LogP contribution >= 0.6 is 0 Å². The van der Waals surface area contributed by atoms with E-state index in [1.165, 1.54) is 12.0 Å². The Morgan fingerprint density at radius 2 is 2.22 bits per heavy atom. The largest absolute Gasteiger partial charge is 0.0772 e. The number of hydrogen-bond acceptors (Lipinski definition) is 0. The minimum Gasteiger partial charge on any atom is -0.0772 e. The Hall–Kier alpha value is -0.520. The predicted molar refractivity (Wildman–Crippen MR) is 41.3 cm³/mol. The Morgan fingerprint density at radius 1 is 1.56 bits per heavy atom. The Labute approximate surface area is 57.3 Å². The highest BCUT2D eigenvalue weighted by Gasteiger charge is 2.17. The van der Waals surface area contributed by atoms with Gasteiger partial charge in [-0.1, -0.05) is 32.9 Å². The van der Waals surface area contributed by atoms with Crippen LogP contribution in [0, 0.1) is 5.92 Å². The first-order valence-electron chi connectivity index (χ1n) is 3.67. The van der Waals surface area contributed by atoms with Gasteiger partial charge in [-0.15, -0.1) is 0 Å². The van der Waals surface area contributed by atoms with Crippen molar-refractivity contribution in [3.63, 3.8) is 0 Å². The van der Waals surface area contributed by atoms with Crippen LogP contribution in [0.15, 0.2) is 23.3 Å². The van der Waals surface area contributed by atoms with Crippen molar-refractivity contribution in [2.24, 2.45) is 5.92 Å². The maximum Gasteiger partial charge on any atom is -0.0213 e. The van der Waals surface area contributed by atoms with Crippen molar-refractivity contribution in [3.05, 3.63) is 23.3 Å². The van der Waals surface area contributed by atoms with Crippen LogP contribution in [-0.2, 0) is 0 Å². The van der Waals surface area contributed by atoms with E-state index >= 15 is 0 Å². The summed E-state index contributed by atoms with van der Waals surface area (Å²) >= 11 is 0. The second-order valence-electron chi connectivity index (χ2n) is 2.82. The smallest absolute Gasteiger partial charge is 0.0213 e. The second-order valence-corrected chi connectivity index (χ2v) is 2.82. The number of rotatable bonds is 2. The summed E-state index contributed by atoms with van der Waals surface area (Å²) in [4.78, 5) is 0. The summed E-state index contributed by atoms with van der Waals surface area (Å²) in [5, 5.41) is 0. The minimum atomic E-state index is 0.739. The quantitative estimate of drug-likeness (QED) is 0.528. The Kier molecular flexibility index (Phi) is 1.75. The molecular weight excluding hydrogens is 108 g/mol.